The Bertz CT molecular complexity index is 531. The number of rotatable bonds is 4. The van der Waals surface area contributed by atoms with E-state index in [1.54, 1.807) is 7.11 Å². The topological polar surface area (TPSA) is 35.5 Å². The minimum atomic E-state index is -0.346. The lowest BCUT2D eigenvalue weighted by Gasteiger charge is -2.31. The molecule has 19 heavy (non-hydrogen) atoms. The van der Waals surface area contributed by atoms with Crippen molar-refractivity contribution in [3.8, 4) is 0 Å². The highest BCUT2D eigenvalue weighted by molar-refractivity contribution is 5.79. The Morgan fingerprint density at radius 1 is 1.21 bits per heavy atom. The maximum Gasteiger partial charge on any atom is 0.302 e. The van der Waals surface area contributed by atoms with Crippen molar-refractivity contribution < 1.29 is 14.3 Å². The standard InChI is InChI=1S/C16H20O3/c1-11-12(2)16(9-18-4,10-19-13(3)17)15-8-6-5-7-14(11)15/h5-8H,9-10H2,1-4H3. The molecule has 1 aromatic carbocycles. The van der Waals surface area contributed by atoms with E-state index >= 15 is 0 Å². The van der Waals surface area contributed by atoms with E-state index < -0.39 is 0 Å². The highest BCUT2D eigenvalue weighted by atomic mass is 16.5. The molecular formula is C16H20O3. The minimum absolute atomic E-state index is 0.259. The molecule has 1 aliphatic carbocycles. The number of benzene rings is 1. The minimum Gasteiger partial charge on any atom is -0.464 e. The molecule has 0 heterocycles. The monoisotopic (exact) mass is 260 g/mol. The molecule has 0 N–H and O–H groups in total. The van der Waals surface area contributed by atoms with Crippen LogP contribution in [0.25, 0.3) is 5.57 Å². The lowest BCUT2D eigenvalue weighted by molar-refractivity contribution is -0.143. The summed E-state index contributed by atoms with van der Waals surface area (Å²) in [6.07, 6.45) is 0. The van der Waals surface area contributed by atoms with Crippen LogP contribution < -0.4 is 0 Å². The highest BCUT2D eigenvalue weighted by Gasteiger charge is 2.42. The van der Waals surface area contributed by atoms with Crippen molar-refractivity contribution >= 4 is 11.5 Å². The van der Waals surface area contributed by atoms with Gasteiger partial charge in [0.1, 0.15) is 6.61 Å². The van der Waals surface area contributed by atoms with Gasteiger partial charge in [-0.15, -0.1) is 0 Å². The van der Waals surface area contributed by atoms with E-state index in [0.29, 0.717) is 13.2 Å². The first kappa shape index (κ1) is 13.8. The molecule has 0 saturated heterocycles. The van der Waals surface area contributed by atoms with Crippen LogP contribution in [0.3, 0.4) is 0 Å². The second kappa shape index (κ2) is 5.17. The zero-order valence-electron chi connectivity index (χ0n) is 11.9. The fraction of sp³-hybridized carbons (Fsp3) is 0.438. The molecule has 1 unspecified atom stereocenters. The zero-order valence-corrected chi connectivity index (χ0v) is 11.9. The van der Waals surface area contributed by atoms with Crippen LogP contribution in [-0.4, -0.2) is 26.3 Å². The highest BCUT2D eigenvalue weighted by Crippen LogP contribution is 2.46. The van der Waals surface area contributed by atoms with Crippen molar-refractivity contribution in [1.82, 2.24) is 0 Å². The van der Waals surface area contributed by atoms with Gasteiger partial charge >= 0.3 is 5.97 Å². The van der Waals surface area contributed by atoms with E-state index in [1.165, 1.54) is 29.2 Å². The Kier molecular flexibility index (Phi) is 3.76. The molecule has 0 saturated carbocycles. The first-order chi connectivity index (χ1) is 9.03. The van der Waals surface area contributed by atoms with Gasteiger partial charge in [0.05, 0.1) is 12.0 Å². The van der Waals surface area contributed by atoms with Crippen molar-refractivity contribution in [3.05, 3.63) is 41.0 Å². The molecular weight excluding hydrogens is 240 g/mol. The third kappa shape index (κ3) is 2.19. The van der Waals surface area contributed by atoms with Crippen molar-refractivity contribution in [3.63, 3.8) is 0 Å². The van der Waals surface area contributed by atoms with Crippen LogP contribution in [0.1, 0.15) is 31.9 Å². The summed E-state index contributed by atoms with van der Waals surface area (Å²) in [6, 6.07) is 8.25. The lowest BCUT2D eigenvalue weighted by atomic mass is 9.79. The van der Waals surface area contributed by atoms with E-state index in [1.807, 2.05) is 12.1 Å². The van der Waals surface area contributed by atoms with E-state index in [-0.39, 0.29) is 11.4 Å². The number of fused-ring (bicyclic) bond motifs is 1. The second-order valence-corrected chi connectivity index (χ2v) is 5.09. The summed E-state index contributed by atoms with van der Waals surface area (Å²) in [4.78, 5) is 11.2. The Hall–Kier alpha value is -1.61. The predicted octanol–water partition coefficient (Wildman–Crippen LogP) is 2.94. The maximum atomic E-state index is 11.2. The molecule has 2 rings (SSSR count). The molecule has 1 aliphatic rings. The van der Waals surface area contributed by atoms with Gasteiger partial charge in [-0.2, -0.15) is 0 Å². The Morgan fingerprint density at radius 2 is 1.89 bits per heavy atom. The van der Waals surface area contributed by atoms with Gasteiger partial charge in [-0.05, 0) is 30.5 Å². The van der Waals surface area contributed by atoms with Crippen LogP contribution in [0.2, 0.25) is 0 Å². The summed E-state index contributed by atoms with van der Waals surface area (Å²) in [5.41, 5.74) is 4.54. The molecule has 0 amide bonds. The Labute approximate surface area is 114 Å². The Balaban J connectivity index is 2.50. The molecule has 102 valence electrons. The largest absolute Gasteiger partial charge is 0.464 e. The fourth-order valence-corrected chi connectivity index (χ4v) is 2.88. The molecule has 0 bridgehead atoms. The van der Waals surface area contributed by atoms with Gasteiger partial charge in [0.25, 0.3) is 0 Å². The zero-order chi connectivity index (χ0) is 14.0. The predicted molar refractivity (Wildman–Crippen MR) is 74.9 cm³/mol. The Morgan fingerprint density at radius 3 is 2.53 bits per heavy atom. The molecule has 0 fully saturated rings. The average Bonchev–Trinajstić information content (AvgIpc) is 2.61. The van der Waals surface area contributed by atoms with Gasteiger partial charge < -0.3 is 9.47 Å². The quantitative estimate of drug-likeness (QED) is 0.781. The van der Waals surface area contributed by atoms with E-state index in [9.17, 15) is 4.79 Å². The number of methoxy groups -OCH3 is 1. The van der Waals surface area contributed by atoms with Crippen LogP contribution in [-0.2, 0) is 19.7 Å². The van der Waals surface area contributed by atoms with Crippen LogP contribution in [0, 0.1) is 0 Å². The summed E-state index contributed by atoms with van der Waals surface area (Å²) in [5.74, 6) is -0.259. The number of hydrogen-bond acceptors (Lipinski definition) is 3. The van der Waals surface area contributed by atoms with Crippen molar-refractivity contribution in [2.75, 3.05) is 20.3 Å². The van der Waals surface area contributed by atoms with Gasteiger partial charge in [-0.25, -0.2) is 0 Å². The molecule has 1 atom stereocenters. The van der Waals surface area contributed by atoms with E-state index in [2.05, 4.69) is 26.0 Å². The number of carbonyl (C=O) groups is 1. The molecule has 0 spiro atoms. The number of ether oxygens (including phenoxy) is 2. The number of carbonyl (C=O) groups excluding carboxylic acids is 1. The molecule has 3 nitrogen and oxygen atoms in total. The second-order valence-electron chi connectivity index (χ2n) is 5.09. The summed E-state index contributed by atoms with van der Waals surface area (Å²) in [7, 11) is 1.68. The first-order valence-corrected chi connectivity index (χ1v) is 6.43. The van der Waals surface area contributed by atoms with Crippen LogP contribution in [0.15, 0.2) is 29.8 Å². The molecule has 0 aliphatic heterocycles. The SMILES string of the molecule is COCC1(COC(C)=O)C(C)=C(C)c2ccccc21. The molecule has 0 radical (unpaired) electrons. The summed E-state index contributed by atoms with van der Waals surface area (Å²) >= 11 is 0. The van der Waals surface area contributed by atoms with Crippen LogP contribution >= 0.6 is 0 Å². The summed E-state index contributed by atoms with van der Waals surface area (Å²) in [6.45, 7) is 6.49. The van der Waals surface area contributed by atoms with Gasteiger partial charge in [0.2, 0.25) is 0 Å². The smallest absolute Gasteiger partial charge is 0.302 e. The third-order valence-corrected chi connectivity index (χ3v) is 4.04. The average molecular weight is 260 g/mol. The van der Waals surface area contributed by atoms with Gasteiger partial charge in [0.15, 0.2) is 0 Å². The van der Waals surface area contributed by atoms with Crippen LogP contribution in [0.5, 0.6) is 0 Å². The van der Waals surface area contributed by atoms with Gasteiger partial charge in [-0.3, -0.25) is 4.79 Å². The van der Waals surface area contributed by atoms with E-state index in [0.717, 1.165) is 0 Å². The van der Waals surface area contributed by atoms with Crippen molar-refractivity contribution in [2.24, 2.45) is 0 Å². The number of allylic oxidation sites excluding steroid dienone is 1. The molecule has 1 aromatic rings. The van der Waals surface area contributed by atoms with Gasteiger partial charge in [-0.1, -0.05) is 29.8 Å². The summed E-state index contributed by atoms with van der Waals surface area (Å²) in [5, 5.41) is 0. The van der Waals surface area contributed by atoms with Crippen molar-refractivity contribution in [2.45, 2.75) is 26.2 Å². The lowest BCUT2D eigenvalue weighted by Crippen LogP contribution is -2.37. The van der Waals surface area contributed by atoms with Crippen LogP contribution in [0.4, 0.5) is 0 Å². The number of esters is 1. The normalized spacial score (nSPS) is 21.5. The molecule has 0 aromatic heterocycles. The van der Waals surface area contributed by atoms with Gasteiger partial charge in [0, 0.05) is 14.0 Å². The number of hydrogen-bond donors (Lipinski definition) is 0. The summed E-state index contributed by atoms with van der Waals surface area (Å²) < 4.78 is 10.7. The first-order valence-electron chi connectivity index (χ1n) is 6.43. The van der Waals surface area contributed by atoms with E-state index in [4.69, 9.17) is 9.47 Å². The fourth-order valence-electron chi connectivity index (χ4n) is 2.88. The molecule has 3 heteroatoms. The van der Waals surface area contributed by atoms with Crippen molar-refractivity contribution in [1.29, 1.82) is 0 Å². The third-order valence-electron chi connectivity index (χ3n) is 4.04. The maximum absolute atomic E-state index is 11.2.